The Balaban J connectivity index is 1.72. The number of rotatable bonds is 4. The Kier molecular flexibility index (Phi) is 5.34. The molecule has 1 N–H and O–H groups in total. The van der Waals surface area contributed by atoms with E-state index in [1.807, 2.05) is 53.9 Å². The molecule has 1 unspecified atom stereocenters. The molecule has 0 amide bonds. The molecule has 0 saturated heterocycles. The molecule has 3 nitrogen and oxygen atoms in total. The number of allylic oxidation sites excluding steroid dienone is 3. The summed E-state index contributed by atoms with van der Waals surface area (Å²) in [6, 6.07) is 15.0. The van der Waals surface area contributed by atoms with Gasteiger partial charge >= 0.3 is 5.97 Å². The van der Waals surface area contributed by atoms with Crippen molar-refractivity contribution in [3.63, 3.8) is 0 Å². The highest BCUT2D eigenvalue weighted by molar-refractivity contribution is 7.11. The van der Waals surface area contributed by atoms with Crippen LogP contribution in [-0.4, -0.2) is 16.1 Å². The SMILES string of the molecule is CC1(C(=O)O)CC(c2nc(-c3ccc(Cl)c(Cl)c3)cs2)=CC=C1c1ccccc1. The number of carboxylic acid groups (broad SMARTS) is 1. The number of hydrogen-bond acceptors (Lipinski definition) is 3. The quantitative estimate of drug-likeness (QED) is 0.470. The van der Waals surface area contributed by atoms with Gasteiger partial charge in [-0.1, -0.05) is 71.8 Å². The molecule has 3 aromatic rings. The summed E-state index contributed by atoms with van der Waals surface area (Å²) in [5.41, 5.74) is 3.27. The molecule has 0 bridgehead atoms. The lowest BCUT2D eigenvalue weighted by Crippen LogP contribution is -2.31. The predicted octanol–water partition coefficient (Wildman–Crippen LogP) is 7.08. The first-order valence-corrected chi connectivity index (χ1v) is 10.6. The number of aliphatic carboxylic acids is 1. The third-order valence-electron chi connectivity index (χ3n) is 5.14. The summed E-state index contributed by atoms with van der Waals surface area (Å²) in [4.78, 5) is 16.9. The van der Waals surface area contributed by atoms with Gasteiger partial charge in [0.1, 0.15) is 5.01 Å². The summed E-state index contributed by atoms with van der Waals surface area (Å²) in [6.07, 6.45) is 4.25. The zero-order chi connectivity index (χ0) is 20.6. The Morgan fingerprint density at radius 1 is 1.07 bits per heavy atom. The number of carboxylic acids is 1. The standard InChI is InChI=1S/C23H17Cl2NO2S/c1-23(22(27)28)12-16(7-9-17(23)14-5-3-2-4-6-14)21-26-20(13-29-21)15-8-10-18(24)19(25)11-15/h2-11,13H,12H2,1H3,(H,27,28). The maximum Gasteiger partial charge on any atom is 0.314 e. The fourth-order valence-corrected chi connectivity index (χ4v) is 4.64. The van der Waals surface area contributed by atoms with E-state index in [9.17, 15) is 9.90 Å². The minimum Gasteiger partial charge on any atom is -0.481 e. The fraction of sp³-hybridized carbons (Fsp3) is 0.130. The monoisotopic (exact) mass is 441 g/mol. The van der Waals surface area contributed by atoms with Crippen LogP contribution in [-0.2, 0) is 4.79 Å². The van der Waals surface area contributed by atoms with Crippen LogP contribution in [0.2, 0.25) is 10.0 Å². The minimum absolute atomic E-state index is 0.372. The molecule has 0 aliphatic heterocycles. The molecule has 6 heteroatoms. The van der Waals surface area contributed by atoms with Gasteiger partial charge in [-0.3, -0.25) is 4.79 Å². The third kappa shape index (κ3) is 3.76. The second kappa shape index (κ2) is 7.79. The van der Waals surface area contributed by atoms with Crippen LogP contribution in [0.4, 0.5) is 0 Å². The van der Waals surface area contributed by atoms with Gasteiger partial charge in [-0.2, -0.15) is 0 Å². The van der Waals surface area contributed by atoms with Crippen LogP contribution in [0.3, 0.4) is 0 Å². The fourth-order valence-electron chi connectivity index (χ4n) is 3.48. The molecule has 1 aromatic heterocycles. The van der Waals surface area contributed by atoms with Crippen molar-refractivity contribution in [3.05, 3.63) is 86.7 Å². The number of benzene rings is 2. The molecule has 1 aliphatic carbocycles. The molecule has 0 spiro atoms. The first-order chi connectivity index (χ1) is 13.9. The summed E-state index contributed by atoms with van der Waals surface area (Å²) in [5, 5.41) is 13.8. The second-order valence-corrected chi connectivity index (χ2v) is 8.79. The largest absolute Gasteiger partial charge is 0.481 e. The first-order valence-electron chi connectivity index (χ1n) is 9.00. The highest BCUT2D eigenvalue weighted by Gasteiger charge is 2.40. The number of aromatic nitrogens is 1. The predicted molar refractivity (Wildman–Crippen MR) is 120 cm³/mol. The molecule has 1 heterocycles. The maximum absolute atomic E-state index is 12.2. The number of thiazole rings is 1. The van der Waals surface area contributed by atoms with E-state index < -0.39 is 11.4 Å². The third-order valence-corrected chi connectivity index (χ3v) is 6.80. The van der Waals surface area contributed by atoms with Crippen LogP contribution in [0.1, 0.15) is 23.9 Å². The summed E-state index contributed by atoms with van der Waals surface area (Å²) < 4.78 is 0. The minimum atomic E-state index is -1.03. The van der Waals surface area contributed by atoms with Crippen molar-refractivity contribution in [3.8, 4) is 11.3 Å². The lowest BCUT2D eigenvalue weighted by Gasteiger charge is -2.31. The number of hydrogen-bond donors (Lipinski definition) is 1. The summed E-state index contributed by atoms with van der Waals surface area (Å²) in [6.45, 7) is 1.77. The Morgan fingerprint density at radius 3 is 2.52 bits per heavy atom. The average Bonchev–Trinajstić information content (AvgIpc) is 3.21. The number of carbonyl (C=O) groups is 1. The van der Waals surface area contributed by atoms with Crippen LogP contribution in [0, 0.1) is 5.41 Å². The van der Waals surface area contributed by atoms with E-state index in [1.165, 1.54) is 11.3 Å². The Labute approximate surface area is 183 Å². The van der Waals surface area contributed by atoms with Gasteiger partial charge in [0.25, 0.3) is 0 Å². The molecule has 1 atom stereocenters. The van der Waals surface area contributed by atoms with Gasteiger partial charge in [0.2, 0.25) is 0 Å². The molecule has 0 radical (unpaired) electrons. The van der Waals surface area contributed by atoms with Crippen molar-refractivity contribution in [2.75, 3.05) is 0 Å². The van der Waals surface area contributed by atoms with Gasteiger partial charge in [0, 0.05) is 10.9 Å². The van der Waals surface area contributed by atoms with Crippen LogP contribution in [0.25, 0.3) is 22.4 Å². The van der Waals surface area contributed by atoms with Crippen molar-refractivity contribution in [2.24, 2.45) is 5.41 Å². The zero-order valence-electron chi connectivity index (χ0n) is 15.5. The van der Waals surface area contributed by atoms with E-state index >= 15 is 0 Å². The number of nitrogens with zero attached hydrogens (tertiary/aromatic N) is 1. The average molecular weight is 442 g/mol. The van der Waals surface area contributed by atoms with Gasteiger partial charge < -0.3 is 5.11 Å². The van der Waals surface area contributed by atoms with E-state index in [-0.39, 0.29) is 0 Å². The Hall–Kier alpha value is -2.40. The van der Waals surface area contributed by atoms with Crippen LogP contribution >= 0.6 is 34.5 Å². The van der Waals surface area contributed by atoms with Crippen molar-refractivity contribution in [1.29, 1.82) is 0 Å². The Bertz CT molecular complexity index is 1150. The van der Waals surface area contributed by atoms with E-state index in [0.717, 1.165) is 33.0 Å². The zero-order valence-corrected chi connectivity index (χ0v) is 17.9. The normalized spacial score (nSPS) is 18.9. The molecular formula is C23H17Cl2NO2S. The van der Waals surface area contributed by atoms with E-state index in [1.54, 1.807) is 19.1 Å². The summed E-state index contributed by atoms with van der Waals surface area (Å²) in [7, 11) is 0. The van der Waals surface area contributed by atoms with Crippen molar-refractivity contribution < 1.29 is 9.90 Å². The van der Waals surface area contributed by atoms with E-state index in [4.69, 9.17) is 28.2 Å². The maximum atomic E-state index is 12.2. The molecule has 29 heavy (non-hydrogen) atoms. The van der Waals surface area contributed by atoms with Gasteiger partial charge in [-0.25, -0.2) is 4.98 Å². The lowest BCUT2D eigenvalue weighted by atomic mass is 9.71. The highest BCUT2D eigenvalue weighted by Crippen LogP contribution is 2.46. The van der Waals surface area contributed by atoms with Gasteiger partial charge in [0.15, 0.2) is 0 Å². The van der Waals surface area contributed by atoms with Gasteiger partial charge in [-0.15, -0.1) is 11.3 Å². The first kappa shape index (κ1) is 19.9. The molecule has 146 valence electrons. The summed E-state index contributed by atoms with van der Waals surface area (Å²) in [5.74, 6) is -0.848. The van der Waals surface area contributed by atoms with Crippen LogP contribution < -0.4 is 0 Å². The lowest BCUT2D eigenvalue weighted by molar-refractivity contribution is -0.144. The van der Waals surface area contributed by atoms with Crippen molar-refractivity contribution in [2.45, 2.75) is 13.3 Å². The molecule has 0 saturated carbocycles. The molecular weight excluding hydrogens is 425 g/mol. The number of halogens is 2. The van der Waals surface area contributed by atoms with E-state index in [2.05, 4.69) is 0 Å². The molecule has 0 fully saturated rings. The van der Waals surface area contributed by atoms with Crippen LogP contribution in [0.5, 0.6) is 0 Å². The van der Waals surface area contributed by atoms with Crippen molar-refractivity contribution in [1.82, 2.24) is 4.98 Å². The molecule has 4 rings (SSSR count). The summed E-state index contributed by atoms with van der Waals surface area (Å²) >= 11 is 13.6. The van der Waals surface area contributed by atoms with E-state index in [0.29, 0.717) is 16.5 Å². The highest BCUT2D eigenvalue weighted by atomic mass is 35.5. The molecule has 1 aliphatic rings. The van der Waals surface area contributed by atoms with Crippen LogP contribution in [0.15, 0.2) is 66.1 Å². The van der Waals surface area contributed by atoms with Gasteiger partial charge in [0.05, 0.1) is 21.2 Å². The second-order valence-electron chi connectivity index (χ2n) is 7.12. The van der Waals surface area contributed by atoms with Crippen molar-refractivity contribution >= 4 is 51.7 Å². The Morgan fingerprint density at radius 2 is 1.83 bits per heavy atom. The van der Waals surface area contributed by atoms with Gasteiger partial charge in [-0.05, 0) is 42.2 Å². The molecule has 2 aromatic carbocycles. The smallest absolute Gasteiger partial charge is 0.314 e. The topological polar surface area (TPSA) is 50.2 Å².